The molecule has 0 unspecified atom stereocenters. The van der Waals surface area contributed by atoms with Crippen LogP contribution in [-0.4, -0.2) is 15.1 Å². The van der Waals surface area contributed by atoms with E-state index in [2.05, 4.69) is 9.97 Å². The van der Waals surface area contributed by atoms with E-state index in [-0.39, 0.29) is 5.76 Å². The second-order valence-electron chi connectivity index (χ2n) is 5.32. The van der Waals surface area contributed by atoms with E-state index in [1.807, 2.05) is 67.6 Å². The average Bonchev–Trinajstić information content (AvgIpc) is 2.55. The normalized spacial score (nSPS) is 12.8. The van der Waals surface area contributed by atoms with Crippen molar-refractivity contribution in [2.75, 3.05) is 0 Å². The summed E-state index contributed by atoms with van der Waals surface area (Å²) >= 11 is 0. The van der Waals surface area contributed by atoms with Gasteiger partial charge in [-0.15, -0.1) is 0 Å². The molecule has 3 nitrogen and oxygen atoms in total. The van der Waals surface area contributed by atoms with Gasteiger partial charge in [-0.3, -0.25) is 0 Å². The van der Waals surface area contributed by atoms with Crippen molar-refractivity contribution in [2.24, 2.45) is 0 Å². The lowest BCUT2D eigenvalue weighted by atomic mass is 10.0. The number of rotatable bonds is 1. The summed E-state index contributed by atoms with van der Waals surface area (Å²) in [6.45, 7) is 1.89. The Morgan fingerprint density at radius 1 is 0.818 bits per heavy atom. The van der Waals surface area contributed by atoms with Crippen molar-refractivity contribution in [1.29, 1.82) is 0 Å². The zero-order chi connectivity index (χ0) is 15.1. The van der Waals surface area contributed by atoms with E-state index in [9.17, 15) is 5.11 Å². The highest BCUT2D eigenvalue weighted by molar-refractivity contribution is 6.07. The van der Waals surface area contributed by atoms with Crippen LogP contribution in [0.15, 0.2) is 60.7 Å². The molecule has 0 aliphatic heterocycles. The van der Waals surface area contributed by atoms with Gasteiger partial charge in [0.2, 0.25) is 0 Å². The van der Waals surface area contributed by atoms with E-state index in [0.29, 0.717) is 0 Å². The van der Waals surface area contributed by atoms with Gasteiger partial charge in [-0.25, -0.2) is 9.97 Å². The lowest BCUT2D eigenvalue weighted by molar-refractivity contribution is 0.508. The van der Waals surface area contributed by atoms with Crippen molar-refractivity contribution in [3.8, 4) is 0 Å². The van der Waals surface area contributed by atoms with Crippen LogP contribution in [0.3, 0.4) is 0 Å². The van der Waals surface area contributed by atoms with Crippen LogP contribution in [0.25, 0.3) is 27.6 Å². The molecule has 0 aliphatic rings. The van der Waals surface area contributed by atoms with Crippen LogP contribution in [0.4, 0.5) is 0 Å². The molecule has 22 heavy (non-hydrogen) atoms. The second kappa shape index (κ2) is 4.81. The van der Waals surface area contributed by atoms with E-state index in [0.717, 1.165) is 38.4 Å². The van der Waals surface area contributed by atoms with Gasteiger partial charge in [-0.1, -0.05) is 42.5 Å². The predicted octanol–water partition coefficient (Wildman–Crippen LogP) is 3.52. The topological polar surface area (TPSA) is 46.0 Å². The monoisotopic (exact) mass is 286 g/mol. The minimum atomic E-state index is 0.274. The number of hydrogen-bond acceptors (Lipinski definition) is 3. The van der Waals surface area contributed by atoms with Crippen molar-refractivity contribution in [1.82, 2.24) is 9.97 Å². The Labute approximate surface area is 127 Å². The lowest BCUT2D eigenvalue weighted by Crippen LogP contribution is -2.09. The molecule has 3 heteroatoms. The molecule has 1 N–H and O–H groups in total. The van der Waals surface area contributed by atoms with Gasteiger partial charge in [0.05, 0.1) is 11.0 Å². The Hall–Kier alpha value is -2.94. The fourth-order valence-electron chi connectivity index (χ4n) is 2.89. The fraction of sp³-hybridized carbons (Fsp3) is 0.0526. The van der Waals surface area contributed by atoms with Gasteiger partial charge in [0.1, 0.15) is 11.6 Å². The number of aryl methyl sites for hydroxylation is 1. The van der Waals surface area contributed by atoms with Crippen LogP contribution in [-0.2, 0) is 0 Å². The summed E-state index contributed by atoms with van der Waals surface area (Å²) < 4.78 is 0. The molecule has 1 aromatic heterocycles. The average molecular weight is 286 g/mol. The molecule has 0 amide bonds. The van der Waals surface area contributed by atoms with Crippen LogP contribution in [0.2, 0.25) is 0 Å². The molecule has 4 aromatic rings. The van der Waals surface area contributed by atoms with E-state index >= 15 is 0 Å². The Kier molecular flexibility index (Phi) is 2.79. The van der Waals surface area contributed by atoms with Gasteiger partial charge < -0.3 is 5.11 Å². The summed E-state index contributed by atoms with van der Waals surface area (Å²) in [5.74, 6) is 1.03. The molecule has 0 saturated carbocycles. The summed E-state index contributed by atoms with van der Waals surface area (Å²) in [4.78, 5) is 8.99. The van der Waals surface area contributed by atoms with Crippen LogP contribution in [0, 0.1) is 6.92 Å². The SMILES string of the molecule is Cc1nc2cccc3/c(=C(/O)c4ccccc4)ccc(n1)c23. The number of nitrogens with zero attached hydrogens (tertiary/aromatic N) is 2. The number of aromatic nitrogens is 2. The summed E-state index contributed by atoms with van der Waals surface area (Å²) in [5, 5.41) is 13.4. The largest absolute Gasteiger partial charge is 0.507 e. The van der Waals surface area contributed by atoms with Crippen molar-refractivity contribution in [3.63, 3.8) is 0 Å². The summed E-state index contributed by atoms with van der Waals surface area (Å²) in [6.07, 6.45) is 0. The van der Waals surface area contributed by atoms with Crippen molar-refractivity contribution in [2.45, 2.75) is 6.92 Å². The summed E-state index contributed by atoms with van der Waals surface area (Å²) in [7, 11) is 0. The quantitative estimate of drug-likeness (QED) is 0.582. The Morgan fingerprint density at radius 2 is 1.55 bits per heavy atom. The van der Waals surface area contributed by atoms with Crippen molar-refractivity contribution < 1.29 is 5.11 Å². The Balaban J connectivity index is 2.18. The van der Waals surface area contributed by atoms with Gasteiger partial charge >= 0.3 is 0 Å². The van der Waals surface area contributed by atoms with E-state index in [4.69, 9.17) is 0 Å². The zero-order valence-electron chi connectivity index (χ0n) is 12.1. The van der Waals surface area contributed by atoms with Gasteiger partial charge in [-0.05, 0) is 30.5 Å². The van der Waals surface area contributed by atoms with Gasteiger partial charge in [0.25, 0.3) is 0 Å². The highest BCUT2D eigenvalue weighted by atomic mass is 16.3. The number of aliphatic hydroxyl groups is 1. The van der Waals surface area contributed by atoms with Gasteiger partial charge in [0, 0.05) is 16.2 Å². The van der Waals surface area contributed by atoms with Crippen LogP contribution >= 0.6 is 0 Å². The molecule has 0 aliphatic carbocycles. The Bertz CT molecular complexity index is 1020. The van der Waals surface area contributed by atoms with E-state index < -0.39 is 0 Å². The molecule has 0 atom stereocenters. The maximum atomic E-state index is 10.7. The molecular weight excluding hydrogens is 272 g/mol. The number of benzene rings is 3. The molecule has 0 spiro atoms. The first-order chi connectivity index (χ1) is 10.7. The molecule has 0 fully saturated rings. The van der Waals surface area contributed by atoms with Crippen LogP contribution in [0.1, 0.15) is 11.4 Å². The van der Waals surface area contributed by atoms with Crippen LogP contribution in [0.5, 0.6) is 0 Å². The third-order valence-electron chi connectivity index (χ3n) is 3.86. The Morgan fingerprint density at radius 3 is 2.32 bits per heavy atom. The predicted molar refractivity (Wildman–Crippen MR) is 88.6 cm³/mol. The number of aliphatic hydroxyl groups excluding tert-OH is 1. The maximum absolute atomic E-state index is 10.7. The third-order valence-corrected chi connectivity index (χ3v) is 3.86. The molecule has 3 aromatic carbocycles. The highest BCUT2D eigenvalue weighted by Gasteiger charge is 2.09. The first kappa shape index (κ1) is 12.8. The van der Waals surface area contributed by atoms with Crippen molar-refractivity contribution >= 4 is 27.6 Å². The van der Waals surface area contributed by atoms with E-state index in [1.54, 1.807) is 0 Å². The minimum Gasteiger partial charge on any atom is -0.507 e. The fourth-order valence-corrected chi connectivity index (χ4v) is 2.89. The lowest BCUT2D eigenvalue weighted by Gasteiger charge is -2.08. The number of hydrogen-bond donors (Lipinski definition) is 1. The zero-order valence-corrected chi connectivity index (χ0v) is 12.1. The maximum Gasteiger partial charge on any atom is 0.130 e. The van der Waals surface area contributed by atoms with Crippen LogP contribution < -0.4 is 5.22 Å². The van der Waals surface area contributed by atoms with Crippen molar-refractivity contribution in [3.05, 3.63) is 77.3 Å². The summed E-state index contributed by atoms with van der Waals surface area (Å²) in [6, 6.07) is 19.4. The highest BCUT2D eigenvalue weighted by Crippen LogP contribution is 2.22. The molecule has 0 radical (unpaired) electrons. The minimum absolute atomic E-state index is 0.274. The smallest absolute Gasteiger partial charge is 0.130 e. The van der Waals surface area contributed by atoms with E-state index in [1.165, 1.54) is 0 Å². The third kappa shape index (κ3) is 1.91. The molecule has 106 valence electrons. The summed E-state index contributed by atoms with van der Waals surface area (Å²) in [5.41, 5.74) is 2.61. The van der Waals surface area contributed by atoms with Gasteiger partial charge in [0.15, 0.2) is 0 Å². The first-order valence-corrected chi connectivity index (χ1v) is 7.18. The first-order valence-electron chi connectivity index (χ1n) is 7.18. The van der Waals surface area contributed by atoms with Gasteiger partial charge in [-0.2, -0.15) is 0 Å². The molecule has 0 saturated heterocycles. The molecule has 4 rings (SSSR count). The molecule has 0 bridgehead atoms. The standard InChI is InChI=1S/C19H14N2O/c1-12-20-16-9-5-8-14-15(10-11-17(21-12)18(14)16)19(22)13-6-3-2-4-7-13/h2-11,22H,1H3/b19-15+. The molecular formula is C19H14N2O. The molecule has 1 heterocycles. The second-order valence-corrected chi connectivity index (χ2v) is 5.32.